The van der Waals surface area contributed by atoms with Crippen molar-refractivity contribution in [1.82, 2.24) is 0 Å². The van der Waals surface area contributed by atoms with Crippen LogP contribution in [0.1, 0.15) is 31.9 Å². The van der Waals surface area contributed by atoms with E-state index in [1.807, 2.05) is 47.2 Å². The van der Waals surface area contributed by atoms with Gasteiger partial charge in [0.2, 0.25) is 5.79 Å². The molecule has 0 bridgehead atoms. The van der Waals surface area contributed by atoms with Crippen LogP contribution in [-0.4, -0.2) is 45.5 Å². The molecule has 7 heteroatoms. The average molecular weight is 451 g/mol. The zero-order chi connectivity index (χ0) is 22.0. The van der Waals surface area contributed by atoms with Crippen LogP contribution in [0.2, 0.25) is 18.1 Å². The van der Waals surface area contributed by atoms with Crippen molar-refractivity contribution >= 4 is 19.7 Å². The van der Waals surface area contributed by atoms with E-state index in [1.165, 1.54) is 11.3 Å². The summed E-state index contributed by atoms with van der Waals surface area (Å²) in [4.78, 5) is 0. The first kappa shape index (κ1) is 23.6. The Balaban J connectivity index is 1.83. The number of methoxy groups -OCH3 is 1. The summed E-state index contributed by atoms with van der Waals surface area (Å²) in [5.74, 6) is -1.57. The molecule has 0 radical (unpaired) electrons. The van der Waals surface area contributed by atoms with Crippen molar-refractivity contribution in [3.05, 3.63) is 58.3 Å². The van der Waals surface area contributed by atoms with Crippen molar-refractivity contribution in [2.75, 3.05) is 13.7 Å². The summed E-state index contributed by atoms with van der Waals surface area (Å²) in [5, 5.41) is 15.3. The van der Waals surface area contributed by atoms with E-state index in [0.29, 0.717) is 18.8 Å². The molecule has 1 aromatic heterocycles. The van der Waals surface area contributed by atoms with Crippen LogP contribution in [0.5, 0.6) is 0 Å². The summed E-state index contributed by atoms with van der Waals surface area (Å²) in [6.45, 7) is 11.8. The molecule has 1 fully saturated rings. The summed E-state index contributed by atoms with van der Waals surface area (Å²) < 4.78 is 24.7. The Hall–Kier alpha value is -1.06. The van der Waals surface area contributed by atoms with Gasteiger partial charge in [0.05, 0.1) is 13.2 Å². The Morgan fingerprint density at radius 3 is 2.43 bits per heavy atom. The summed E-state index contributed by atoms with van der Waals surface area (Å²) in [7, 11) is -0.547. The first-order chi connectivity index (χ1) is 14.1. The third kappa shape index (κ3) is 4.88. The Morgan fingerprint density at radius 1 is 1.17 bits per heavy atom. The van der Waals surface area contributed by atoms with Crippen LogP contribution >= 0.6 is 11.3 Å². The fourth-order valence-electron chi connectivity index (χ4n) is 3.43. The molecule has 2 heterocycles. The van der Waals surface area contributed by atoms with E-state index in [9.17, 15) is 5.11 Å². The van der Waals surface area contributed by atoms with E-state index in [-0.39, 0.29) is 5.04 Å². The van der Waals surface area contributed by atoms with Crippen LogP contribution in [0.3, 0.4) is 0 Å². The first-order valence-corrected chi connectivity index (χ1v) is 14.2. The van der Waals surface area contributed by atoms with Gasteiger partial charge in [0.1, 0.15) is 18.3 Å². The fourth-order valence-corrected chi connectivity index (χ4v) is 5.43. The number of hydrogen-bond donors (Lipinski definition) is 1. The van der Waals surface area contributed by atoms with E-state index >= 15 is 0 Å². The molecule has 1 N–H and O–H groups in total. The SMILES string of the molecule is COC1C(O[Si](C)(C)C(C)(C)C)C(COCc2ccccc2)O[C@]1(O)c1ccsc1. The molecule has 0 amide bonds. The molecule has 30 heavy (non-hydrogen) atoms. The smallest absolute Gasteiger partial charge is 0.223 e. The van der Waals surface area contributed by atoms with E-state index in [2.05, 4.69) is 33.9 Å². The molecule has 1 saturated heterocycles. The molecule has 0 saturated carbocycles. The second kappa shape index (κ2) is 9.20. The molecule has 2 aromatic rings. The number of ether oxygens (including phenoxy) is 3. The molecular weight excluding hydrogens is 416 g/mol. The van der Waals surface area contributed by atoms with Crippen LogP contribution in [0.4, 0.5) is 0 Å². The largest absolute Gasteiger partial charge is 0.408 e. The van der Waals surface area contributed by atoms with E-state index < -0.39 is 32.4 Å². The van der Waals surface area contributed by atoms with Crippen LogP contribution in [-0.2, 0) is 31.0 Å². The number of rotatable bonds is 8. The molecule has 1 aromatic carbocycles. The minimum Gasteiger partial charge on any atom is -0.408 e. The van der Waals surface area contributed by atoms with Gasteiger partial charge in [0.25, 0.3) is 0 Å². The van der Waals surface area contributed by atoms with Crippen LogP contribution in [0.25, 0.3) is 0 Å². The Kier molecular flexibility index (Phi) is 7.24. The zero-order valence-electron chi connectivity index (χ0n) is 18.8. The maximum Gasteiger partial charge on any atom is 0.223 e. The quantitative estimate of drug-likeness (QED) is 0.579. The predicted octanol–water partition coefficient (Wildman–Crippen LogP) is 4.91. The Labute approximate surface area is 185 Å². The van der Waals surface area contributed by atoms with Gasteiger partial charge in [-0.1, -0.05) is 51.1 Å². The second-order valence-corrected chi connectivity index (χ2v) is 14.9. The van der Waals surface area contributed by atoms with Gasteiger partial charge in [-0.25, -0.2) is 0 Å². The molecule has 166 valence electrons. The van der Waals surface area contributed by atoms with Gasteiger partial charge in [-0.3, -0.25) is 0 Å². The molecule has 3 unspecified atom stereocenters. The highest BCUT2D eigenvalue weighted by Gasteiger charge is 2.58. The van der Waals surface area contributed by atoms with E-state index in [0.717, 1.165) is 5.56 Å². The molecule has 1 aliphatic rings. The second-order valence-electron chi connectivity index (χ2n) is 9.36. The van der Waals surface area contributed by atoms with Gasteiger partial charge >= 0.3 is 0 Å². The molecule has 0 aliphatic carbocycles. The lowest BCUT2D eigenvalue weighted by Crippen LogP contribution is -2.51. The summed E-state index contributed by atoms with van der Waals surface area (Å²) in [6.07, 6.45) is -1.53. The highest BCUT2D eigenvalue weighted by atomic mass is 32.1. The van der Waals surface area contributed by atoms with Gasteiger partial charge in [0, 0.05) is 12.7 Å². The van der Waals surface area contributed by atoms with Crippen molar-refractivity contribution in [2.45, 2.75) is 69.6 Å². The van der Waals surface area contributed by atoms with Crippen LogP contribution in [0, 0.1) is 0 Å². The van der Waals surface area contributed by atoms with Crippen LogP contribution < -0.4 is 0 Å². The lowest BCUT2D eigenvalue weighted by molar-refractivity contribution is -0.246. The number of thiophene rings is 1. The highest BCUT2D eigenvalue weighted by molar-refractivity contribution is 7.08. The minimum atomic E-state index is -2.14. The third-order valence-corrected chi connectivity index (χ3v) is 11.4. The maximum atomic E-state index is 11.5. The van der Waals surface area contributed by atoms with Crippen molar-refractivity contribution in [1.29, 1.82) is 0 Å². The van der Waals surface area contributed by atoms with Crippen molar-refractivity contribution in [3.63, 3.8) is 0 Å². The van der Waals surface area contributed by atoms with Crippen molar-refractivity contribution < 1.29 is 23.7 Å². The lowest BCUT2D eigenvalue weighted by Gasteiger charge is -2.40. The molecule has 4 atom stereocenters. The Bertz CT molecular complexity index is 790. The normalized spacial score (nSPS) is 27.5. The van der Waals surface area contributed by atoms with E-state index in [4.69, 9.17) is 18.6 Å². The summed E-state index contributed by atoms with van der Waals surface area (Å²) in [5.41, 5.74) is 1.78. The van der Waals surface area contributed by atoms with Gasteiger partial charge < -0.3 is 23.7 Å². The topological polar surface area (TPSA) is 57.2 Å². The van der Waals surface area contributed by atoms with Gasteiger partial charge in [-0.15, -0.1) is 0 Å². The highest BCUT2D eigenvalue weighted by Crippen LogP contribution is 2.45. The maximum absolute atomic E-state index is 11.5. The third-order valence-electron chi connectivity index (χ3n) is 6.20. The predicted molar refractivity (Wildman–Crippen MR) is 122 cm³/mol. The van der Waals surface area contributed by atoms with Crippen molar-refractivity contribution in [2.24, 2.45) is 0 Å². The van der Waals surface area contributed by atoms with Crippen molar-refractivity contribution in [3.8, 4) is 0 Å². The fraction of sp³-hybridized carbons (Fsp3) is 0.565. The summed E-state index contributed by atoms with van der Waals surface area (Å²) >= 11 is 1.51. The van der Waals surface area contributed by atoms with E-state index in [1.54, 1.807) is 7.11 Å². The molecule has 3 rings (SSSR count). The van der Waals surface area contributed by atoms with Gasteiger partial charge in [-0.2, -0.15) is 11.3 Å². The first-order valence-electron chi connectivity index (χ1n) is 10.3. The molecule has 0 spiro atoms. The van der Waals surface area contributed by atoms with Gasteiger partial charge in [-0.05, 0) is 40.5 Å². The zero-order valence-corrected chi connectivity index (χ0v) is 20.6. The number of aliphatic hydroxyl groups is 1. The molecule has 5 nitrogen and oxygen atoms in total. The molecule has 1 aliphatic heterocycles. The van der Waals surface area contributed by atoms with Crippen LogP contribution in [0.15, 0.2) is 47.2 Å². The standard InChI is InChI=1S/C23H34O5SSi/c1-22(2,3)30(5,6)28-20-19(15-26-14-17-10-8-7-9-11-17)27-23(24,21(20)25-4)18-12-13-29-16-18/h7-13,16,19-21,24H,14-15H2,1-6H3/t19?,20?,21?,23-/m1/s1. The summed E-state index contributed by atoms with van der Waals surface area (Å²) in [6, 6.07) is 11.9. The van der Waals surface area contributed by atoms with Gasteiger partial charge in [0.15, 0.2) is 8.32 Å². The lowest BCUT2D eigenvalue weighted by atomic mass is 10.00. The number of hydrogen-bond acceptors (Lipinski definition) is 6. The molecular formula is C23H34O5SSi. The minimum absolute atomic E-state index is 0.0177. The Morgan fingerprint density at radius 2 is 1.87 bits per heavy atom. The monoisotopic (exact) mass is 450 g/mol. The number of benzene rings is 1. The average Bonchev–Trinajstić information content (AvgIpc) is 3.30.